The molecule has 1 unspecified atom stereocenters. The van der Waals surface area contributed by atoms with E-state index in [9.17, 15) is 20.1 Å². The molecule has 0 aromatic rings. The SMILES string of the molecule is [2H]N(C(C)=O)[C@@]1([2H])[C@@H](O)[C@H](O)[C@@H](CO)OC1([2H])O. The molecular formula is C8H15NO6. The van der Waals surface area contributed by atoms with Gasteiger partial charge in [0.05, 0.1) is 9.35 Å². The van der Waals surface area contributed by atoms with Crippen LogP contribution in [0.4, 0.5) is 0 Å². The van der Waals surface area contributed by atoms with Gasteiger partial charge in [0.15, 0.2) is 7.68 Å². The normalized spacial score (nSPS) is 53.9. The summed E-state index contributed by atoms with van der Waals surface area (Å²) in [6.07, 6.45) is -8.66. The highest BCUT2D eigenvalue weighted by Crippen LogP contribution is 2.19. The van der Waals surface area contributed by atoms with Gasteiger partial charge in [0.1, 0.15) is 24.3 Å². The summed E-state index contributed by atoms with van der Waals surface area (Å²) in [5, 5.41) is 37.7. The number of amides is 1. The van der Waals surface area contributed by atoms with Crippen LogP contribution in [0.2, 0.25) is 1.41 Å². The molecule has 0 radical (unpaired) electrons. The Bertz CT molecular complexity index is 343. The van der Waals surface area contributed by atoms with E-state index in [0.717, 1.165) is 6.92 Å². The van der Waals surface area contributed by atoms with Crippen LogP contribution in [-0.2, 0) is 9.53 Å². The standard InChI is InChI=1S/C8H15NO6/c1-3(11)9-5-7(13)6(12)4(2-10)15-8(5)14/h4-8,10,12-14H,2H2,1H3,(H,9,11)/t4-,5+,6-,7-,8?/m1/s1/i5D,8D/hD. The highest BCUT2D eigenvalue weighted by Gasteiger charge is 2.43. The lowest BCUT2D eigenvalue weighted by Crippen LogP contribution is -2.63. The summed E-state index contributed by atoms with van der Waals surface area (Å²) in [5.74, 6) is -1.03. The lowest BCUT2D eigenvalue weighted by molar-refractivity contribution is -0.253. The largest absolute Gasteiger partial charge is 0.394 e. The van der Waals surface area contributed by atoms with Crippen LogP contribution >= 0.6 is 0 Å². The van der Waals surface area contributed by atoms with Crippen molar-refractivity contribution in [2.45, 2.75) is 37.5 Å². The van der Waals surface area contributed by atoms with Crippen LogP contribution in [0.3, 0.4) is 0 Å². The molecule has 1 aliphatic heterocycles. The number of hydrogen-bond donors (Lipinski definition) is 5. The Balaban J connectivity index is 3.20. The molecule has 0 saturated carbocycles. The zero-order chi connectivity index (χ0) is 14.3. The molecule has 7 heteroatoms. The van der Waals surface area contributed by atoms with Crippen molar-refractivity contribution < 1.29 is 34.1 Å². The maximum Gasteiger partial charge on any atom is 0.217 e. The summed E-state index contributed by atoms with van der Waals surface area (Å²) in [6, 6.07) is -2.94. The maximum absolute atomic E-state index is 11.1. The molecule has 15 heavy (non-hydrogen) atoms. The minimum absolute atomic E-state index is 0.151. The van der Waals surface area contributed by atoms with Gasteiger partial charge < -0.3 is 30.5 Å². The molecule has 1 rings (SSSR count). The number of carbonyl (C=O) groups excluding carboxylic acids is 1. The Hall–Kier alpha value is -0.730. The Morgan fingerprint density at radius 1 is 1.53 bits per heavy atom. The van der Waals surface area contributed by atoms with Crippen LogP contribution in [0.25, 0.3) is 0 Å². The molecule has 0 aromatic heterocycles. The van der Waals surface area contributed by atoms with Gasteiger partial charge in [-0.25, -0.2) is 0 Å². The summed E-state index contributed by atoms with van der Waals surface area (Å²) < 4.78 is 27.0. The third-order valence-electron chi connectivity index (χ3n) is 1.92. The van der Waals surface area contributed by atoms with Crippen LogP contribution < -0.4 is 5.31 Å². The number of nitrogens with one attached hydrogen (secondary N) is 1. The average molecular weight is 224 g/mol. The average Bonchev–Trinajstić information content (AvgIpc) is 2.30. The third-order valence-corrected chi connectivity index (χ3v) is 1.92. The lowest BCUT2D eigenvalue weighted by Gasteiger charge is -2.40. The molecule has 1 heterocycles. The molecule has 7 nitrogen and oxygen atoms in total. The summed E-state index contributed by atoms with van der Waals surface area (Å²) in [5.41, 5.74) is 0. The Morgan fingerprint density at radius 3 is 2.60 bits per heavy atom. The Labute approximate surface area is 90.6 Å². The molecule has 1 amide bonds. The van der Waals surface area contributed by atoms with Gasteiger partial charge in [0, 0.05) is 6.92 Å². The van der Waals surface area contributed by atoms with Gasteiger partial charge in [-0.1, -0.05) is 0 Å². The van der Waals surface area contributed by atoms with Crippen LogP contribution in [-0.4, -0.2) is 63.5 Å². The molecule has 0 bridgehead atoms. The second kappa shape index (κ2) is 4.86. The fourth-order valence-corrected chi connectivity index (χ4v) is 1.19. The predicted octanol–water partition coefficient (Wildman–Crippen LogP) is -3.08. The highest BCUT2D eigenvalue weighted by atomic mass is 16.6. The third kappa shape index (κ3) is 2.64. The topological polar surface area (TPSA) is 119 Å². The highest BCUT2D eigenvalue weighted by molar-refractivity contribution is 5.73. The van der Waals surface area contributed by atoms with Gasteiger partial charge in [-0.2, -0.15) is 0 Å². The van der Waals surface area contributed by atoms with Crippen molar-refractivity contribution in [3.8, 4) is 0 Å². The maximum atomic E-state index is 11.1. The zero-order valence-electron chi connectivity index (χ0n) is 11.0. The number of aliphatic hydroxyl groups excluding tert-OH is 3. The minimum Gasteiger partial charge on any atom is -0.394 e. The second-order valence-corrected chi connectivity index (χ2v) is 3.10. The molecule has 1 aliphatic rings. The molecule has 0 aromatic carbocycles. The smallest absolute Gasteiger partial charge is 0.217 e. The van der Waals surface area contributed by atoms with Crippen LogP contribution in [0.1, 0.15) is 9.67 Å². The first-order valence-corrected chi connectivity index (χ1v) is 4.26. The first-order valence-electron chi connectivity index (χ1n) is 5.71. The van der Waals surface area contributed by atoms with E-state index in [4.69, 9.17) is 9.26 Å². The summed E-state index contributed by atoms with van der Waals surface area (Å²) in [6.45, 7) is 0.0736. The lowest BCUT2D eigenvalue weighted by atomic mass is 9.97. The Kier molecular flexibility index (Phi) is 2.73. The van der Waals surface area contributed by atoms with Crippen molar-refractivity contribution in [1.29, 1.82) is 0 Å². The summed E-state index contributed by atoms with van der Waals surface area (Å²) >= 11 is 0. The first-order chi connectivity index (χ1) is 8.09. The van der Waals surface area contributed by atoms with E-state index in [0.29, 0.717) is 0 Å². The number of carbonyl (C=O) groups is 1. The van der Waals surface area contributed by atoms with E-state index in [1.165, 1.54) is 0 Å². The Morgan fingerprint density at radius 2 is 2.13 bits per heavy atom. The van der Waals surface area contributed by atoms with Crippen LogP contribution in [0, 0.1) is 0 Å². The van der Waals surface area contributed by atoms with Gasteiger partial charge in [-0.05, 0) is 0 Å². The zero-order valence-corrected chi connectivity index (χ0v) is 7.99. The predicted molar refractivity (Wildman–Crippen MR) is 47.6 cm³/mol. The number of hydrogen-bond acceptors (Lipinski definition) is 6. The fraction of sp³-hybridized carbons (Fsp3) is 0.875. The van der Waals surface area contributed by atoms with E-state index < -0.39 is 43.1 Å². The van der Waals surface area contributed by atoms with E-state index in [1.54, 1.807) is 0 Å². The van der Waals surface area contributed by atoms with Gasteiger partial charge in [0.2, 0.25) is 5.91 Å². The van der Waals surface area contributed by atoms with Crippen molar-refractivity contribution in [1.82, 2.24) is 5.31 Å². The number of ether oxygens (including phenoxy) is 1. The van der Waals surface area contributed by atoms with E-state index in [-0.39, 0.29) is 5.31 Å². The fourth-order valence-electron chi connectivity index (χ4n) is 1.19. The van der Waals surface area contributed by atoms with Crippen molar-refractivity contribution in [3.63, 3.8) is 0 Å². The molecule has 1 saturated heterocycles. The summed E-state index contributed by atoms with van der Waals surface area (Å²) in [4.78, 5) is 11.1. The second-order valence-electron chi connectivity index (χ2n) is 3.10. The molecule has 5 N–H and O–H groups in total. The van der Waals surface area contributed by atoms with E-state index in [2.05, 4.69) is 4.74 Å². The van der Waals surface area contributed by atoms with Gasteiger partial charge in [-0.15, -0.1) is 0 Å². The van der Waals surface area contributed by atoms with Crippen molar-refractivity contribution >= 4 is 5.91 Å². The first kappa shape index (κ1) is 8.43. The molecule has 1 fully saturated rings. The monoisotopic (exact) mass is 224 g/mol. The summed E-state index contributed by atoms with van der Waals surface area (Å²) in [7, 11) is 0. The molecular weight excluding hydrogens is 206 g/mol. The molecule has 0 aliphatic carbocycles. The molecule has 88 valence electrons. The van der Waals surface area contributed by atoms with Crippen molar-refractivity contribution in [3.05, 3.63) is 0 Å². The van der Waals surface area contributed by atoms with Gasteiger partial charge >= 0.3 is 0 Å². The van der Waals surface area contributed by atoms with Gasteiger partial charge in [-0.3, -0.25) is 4.79 Å². The molecule has 0 spiro atoms. The van der Waals surface area contributed by atoms with E-state index >= 15 is 0 Å². The quantitative estimate of drug-likeness (QED) is 0.339. The van der Waals surface area contributed by atoms with Crippen LogP contribution in [0.15, 0.2) is 0 Å². The number of aliphatic hydroxyl groups is 4. The minimum atomic E-state index is -3.17. The van der Waals surface area contributed by atoms with Crippen molar-refractivity contribution in [2.24, 2.45) is 0 Å². The number of rotatable bonds is 2. The van der Waals surface area contributed by atoms with Crippen LogP contribution in [0.5, 0.6) is 0 Å². The van der Waals surface area contributed by atoms with Gasteiger partial charge in [0.25, 0.3) is 0 Å². The molecule has 5 atom stereocenters. The van der Waals surface area contributed by atoms with Crippen molar-refractivity contribution in [2.75, 3.05) is 6.61 Å². The van der Waals surface area contributed by atoms with E-state index in [1.807, 2.05) is 0 Å².